The van der Waals surface area contributed by atoms with Gasteiger partial charge in [-0.15, -0.1) is 0 Å². The lowest BCUT2D eigenvalue weighted by Crippen LogP contribution is -2.29. The van der Waals surface area contributed by atoms with Crippen LogP contribution in [0.15, 0.2) is 48.5 Å². The molecule has 4 rings (SSSR count). The summed E-state index contributed by atoms with van der Waals surface area (Å²) in [6, 6.07) is 16.3. The van der Waals surface area contributed by atoms with E-state index in [-0.39, 0.29) is 24.2 Å². The van der Waals surface area contributed by atoms with Gasteiger partial charge in [0.05, 0.1) is 17.3 Å². The van der Waals surface area contributed by atoms with Crippen LogP contribution >= 0.6 is 0 Å². The summed E-state index contributed by atoms with van der Waals surface area (Å²) in [6.45, 7) is 5.14. The van der Waals surface area contributed by atoms with Gasteiger partial charge in [-0.2, -0.15) is 0 Å². The Labute approximate surface area is 179 Å². The van der Waals surface area contributed by atoms with Crippen molar-refractivity contribution < 1.29 is 9.59 Å². The third-order valence-electron chi connectivity index (χ3n) is 6.19. The number of carbonyl (C=O) groups excluding carboxylic acids is 2. The third kappa shape index (κ3) is 4.84. The number of benzene rings is 2. The molecule has 158 valence electrons. The van der Waals surface area contributed by atoms with Crippen molar-refractivity contribution in [2.75, 3.05) is 29.9 Å². The van der Waals surface area contributed by atoms with E-state index in [1.807, 2.05) is 30.3 Å². The fourth-order valence-electron chi connectivity index (χ4n) is 4.42. The summed E-state index contributed by atoms with van der Waals surface area (Å²) in [5.41, 5.74) is 4.25. The van der Waals surface area contributed by atoms with E-state index in [9.17, 15) is 9.59 Å². The molecule has 0 bridgehead atoms. The molecule has 2 heterocycles. The van der Waals surface area contributed by atoms with Crippen molar-refractivity contribution in [3.63, 3.8) is 0 Å². The second kappa shape index (κ2) is 9.33. The molecule has 2 aliphatic rings. The highest BCUT2D eigenvalue weighted by Gasteiger charge is 2.34. The van der Waals surface area contributed by atoms with Gasteiger partial charge in [-0.1, -0.05) is 54.8 Å². The molecule has 30 heavy (non-hydrogen) atoms. The van der Waals surface area contributed by atoms with E-state index in [1.165, 1.54) is 31.2 Å². The summed E-state index contributed by atoms with van der Waals surface area (Å²) in [7, 11) is 0. The van der Waals surface area contributed by atoms with Crippen LogP contribution in [0.4, 0.5) is 11.4 Å². The lowest BCUT2D eigenvalue weighted by Gasteiger charge is -2.26. The molecule has 1 unspecified atom stereocenters. The highest BCUT2D eigenvalue weighted by atomic mass is 16.2. The first-order chi connectivity index (χ1) is 14.6. The normalized spacial score (nSPS) is 19.6. The first-order valence-corrected chi connectivity index (χ1v) is 11.1. The molecular formula is C25H31N3O2. The van der Waals surface area contributed by atoms with Crippen molar-refractivity contribution in [3.8, 4) is 0 Å². The number of nitrogens with zero attached hydrogens (tertiary/aromatic N) is 2. The molecule has 2 aliphatic heterocycles. The van der Waals surface area contributed by atoms with E-state index in [2.05, 4.69) is 35.3 Å². The zero-order chi connectivity index (χ0) is 20.9. The van der Waals surface area contributed by atoms with Crippen LogP contribution in [0, 0.1) is 12.8 Å². The molecule has 5 heteroatoms. The predicted octanol–water partition coefficient (Wildman–Crippen LogP) is 4.36. The highest BCUT2D eigenvalue weighted by Crippen LogP contribution is 2.29. The van der Waals surface area contributed by atoms with Crippen LogP contribution in [0.25, 0.3) is 0 Å². The molecule has 2 aromatic rings. The van der Waals surface area contributed by atoms with Gasteiger partial charge in [0.2, 0.25) is 11.8 Å². The molecule has 1 N–H and O–H groups in total. The molecule has 0 saturated carbocycles. The number of carbonyl (C=O) groups is 2. The topological polar surface area (TPSA) is 52.7 Å². The minimum absolute atomic E-state index is 0.0523. The lowest BCUT2D eigenvalue weighted by molar-refractivity contribution is -0.128. The zero-order valence-electron chi connectivity index (χ0n) is 17.8. The summed E-state index contributed by atoms with van der Waals surface area (Å²) in [6.07, 6.45) is 5.20. The lowest BCUT2D eigenvalue weighted by atomic mass is 10.1. The van der Waals surface area contributed by atoms with Crippen molar-refractivity contribution in [1.82, 2.24) is 4.90 Å². The SMILES string of the molecule is Cc1ccc(CN2CC(C(=O)Nc3ccccc3N3CCCCCC3)CC2=O)cc1. The quantitative estimate of drug-likeness (QED) is 0.804. The van der Waals surface area contributed by atoms with Gasteiger partial charge in [-0.3, -0.25) is 9.59 Å². The van der Waals surface area contributed by atoms with Crippen molar-refractivity contribution in [2.45, 2.75) is 45.6 Å². The number of hydrogen-bond donors (Lipinski definition) is 1. The number of rotatable bonds is 5. The Kier molecular flexibility index (Phi) is 6.36. The van der Waals surface area contributed by atoms with Crippen LogP contribution in [0.2, 0.25) is 0 Å². The second-order valence-corrected chi connectivity index (χ2v) is 8.57. The number of aryl methyl sites for hydroxylation is 1. The maximum Gasteiger partial charge on any atom is 0.229 e. The Balaban J connectivity index is 1.41. The van der Waals surface area contributed by atoms with Crippen LogP contribution in [-0.2, 0) is 16.1 Å². The summed E-state index contributed by atoms with van der Waals surface area (Å²) < 4.78 is 0. The van der Waals surface area contributed by atoms with Gasteiger partial charge in [0.1, 0.15) is 0 Å². The Morgan fingerprint density at radius 1 is 1.00 bits per heavy atom. The summed E-state index contributed by atoms with van der Waals surface area (Å²) in [5, 5.41) is 3.12. The molecule has 5 nitrogen and oxygen atoms in total. The van der Waals surface area contributed by atoms with Gasteiger partial charge in [-0.05, 0) is 37.5 Å². The van der Waals surface area contributed by atoms with Crippen molar-refractivity contribution in [1.29, 1.82) is 0 Å². The standard InChI is InChI=1S/C25H31N3O2/c1-19-10-12-20(13-11-19)17-28-18-21(16-24(28)29)25(30)26-22-8-4-5-9-23(22)27-14-6-2-3-7-15-27/h4-5,8-13,21H,2-3,6-7,14-18H2,1H3,(H,26,30). The molecule has 1 atom stereocenters. The van der Waals surface area contributed by atoms with Crippen LogP contribution in [0.5, 0.6) is 0 Å². The van der Waals surface area contributed by atoms with Crippen LogP contribution < -0.4 is 10.2 Å². The van der Waals surface area contributed by atoms with E-state index >= 15 is 0 Å². The Bertz CT molecular complexity index is 886. The van der Waals surface area contributed by atoms with Crippen molar-refractivity contribution in [2.24, 2.45) is 5.92 Å². The van der Waals surface area contributed by atoms with E-state index in [4.69, 9.17) is 0 Å². The van der Waals surface area contributed by atoms with E-state index in [1.54, 1.807) is 4.90 Å². The van der Waals surface area contributed by atoms with Crippen LogP contribution in [0.3, 0.4) is 0 Å². The van der Waals surface area contributed by atoms with Crippen LogP contribution in [-0.4, -0.2) is 36.3 Å². The maximum absolute atomic E-state index is 13.0. The van der Waals surface area contributed by atoms with E-state index in [0.29, 0.717) is 13.1 Å². The average Bonchev–Trinajstić information content (AvgIpc) is 2.94. The number of hydrogen-bond acceptors (Lipinski definition) is 3. The molecule has 2 fully saturated rings. The Morgan fingerprint density at radius 2 is 1.70 bits per heavy atom. The fraction of sp³-hybridized carbons (Fsp3) is 0.440. The maximum atomic E-state index is 13.0. The van der Waals surface area contributed by atoms with Crippen LogP contribution in [0.1, 0.15) is 43.2 Å². The number of nitrogens with one attached hydrogen (secondary N) is 1. The summed E-state index contributed by atoms with van der Waals surface area (Å²) in [5.74, 6) is -0.311. The van der Waals surface area contributed by atoms with E-state index in [0.717, 1.165) is 30.0 Å². The molecule has 0 radical (unpaired) electrons. The highest BCUT2D eigenvalue weighted by molar-refractivity contribution is 5.99. The summed E-state index contributed by atoms with van der Waals surface area (Å²) >= 11 is 0. The Morgan fingerprint density at radius 3 is 2.43 bits per heavy atom. The van der Waals surface area contributed by atoms with Gasteiger partial charge in [0, 0.05) is 32.6 Å². The fourth-order valence-corrected chi connectivity index (χ4v) is 4.42. The van der Waals surface area contributed by atoms with Gasteiger partial charge in [0.15, 0.2) is 0 Å². The number of amides is 2. The number of anilines is 2. The molecular weight excluding hydrogens is 374 g/mol. The zero-order valence-corrected chi connectivity index (χ0v) is 17.8. The molecule has 0 aliphatic carbocycles. The molecule has 0 aromatic heterocycles. The smallest absolute Gasteiger partial charge is 0.229 e. The van der Waals surface area contributed by atoms with Gasteiger partial charge in [0.25, 0.3) is 0 Å². The predicted molar refractivity (Wildman–Crippen MR) is 120 cm³/mol. The van der Waals surface area contributed by atoms with Crippen molar-refractivity contribution in [3.05, 3.63) is 59.7 Å². The van der Waals surface area contributed by atoms with Gasteiger partial charge < -0.3 is 15.1 Å². The molecule has 0 spiro atoms. The minimum atomic E-state index is -0.305. The molecule has 2 aromatic carbocycles. The molecule has 2 saturated heterocycles. The second-order valence-electron chi connectivity index (χ2n) is 8.57. The van der Waals surface area contributed by atoms with Gasteiger partial charge in [-0.25, -0.2) is 0 Å². The van der Waals surface area contributed by atoms with Gasteiger partial charge >= 0.3 is 0 Å². The monoisotopic (exact) mass is 405 g/mol. The van der Waals surface area contributed by atoms with E-state index < -0.39 is 0 Å². The average molecular weight is 406 g/mol. The first kappa shape index (κ1) is 20.5. The summed E-state index contributed by atoms with van der Waals surface area (Å²) in [4.78, 5) is 29.7. The minimum Gasteiger partial charge on any atom is -0.370 e. The number of likely N-dealkylation sites (tertiary alicyclic amines) is 1. The Hall–Kier alpha value is -2.82. The third-order valence-corrected chi connectivity index (χ3v) is 6.19. The number of para-hydroxylation sites is 2. The first-order valence-electron chi connectivity index (χ1n) is 11.1. The van der Waals surface area contributed by atoms with Crippen molar-refractivity contribution >= 4 is 23.2 Å². The molecule has 2 amide bonds. The largest absolute Gasteiger partial charge is 0.370 e.